The molecule has 4 heteroatoms. The van der Waals surface area contributed by atoms with Crippen LogP contribution in [0.2, 0.25) is 0 Å². The zero-order chi connectivity index (χ0) is 14.8. The summed E-state index contributed by atoms with van der Waals surface area (Å²) in [6.07, 6.45) is 2.35. The molecule has 1 unspecified atom stereocenters. The van der Waals surface area contributed by atoms with Crippen molar-refractivity contribution in [2.24, 2.45) is 5.92 Å². The smallest absolute Gasteiger partial charge is 0.111 e. The number of aromatic nitrogens is 3. The highest BCUT2D eigenvalue weighted by atomic mass is 15.2. The van der Waals surface area contributed by atoms with E-state index in [1.807, 2.05) is 19.1 Å². The molecule has 3 heterocycles. The molecule has 1 fully saturated rings. The number of likely N-dealkylation sites (tertiary alicyclic amines) is 1. The van der Waals surface area contributed by atoms with Gasteiger partial charge in [-0.2, -0.15) is 5.10 Å². The molecule has 21 heavy (non-hydrogen) atoms. The summed E-state index contributed by atoms with van der Waals surface area (Å²) in [5, 5.41) is 7.28. The number of hydrogen-bond donors (Lipinski definition) is 1. The lowest BCUT2D eigenvalue weighted by Crippen LogP contribution is -2.28. The van der Waals surface area contributed by atoms with Crippen molar-refractivity contribution in [3.05, 3.63) is 35.7 Å². The molecule has 0 radical (unpaired) electrons. The molecule has 1 atom stereocenters. The standard InChI is InChI=1S/C17H24N4/c1-12(2)21-8-7-14(11-21)10-15-5-4-6-16(18-15)17-9-13(3)19-20-17/h4-6,9,12,14H,7-8,10-11H2,1-3H3,(H,19,20). The third-order valence-corrected chi connectivity index (χ3v) is 4.32. The summed E-state index contributed by atoms with van der Waals surface area (Å²) in [5.41, 5.74) is 4.16. The van der Waals surface area contributed by atoms with Crippen LogP contribution in [0.25, 0.3) is 11.4 Å². The quantitative estimate of drug-likeness (QED) is 0.938. The highest BCUT2D eigenvalue weighted by molar-refractivity contribution is 5.54. The van der Waals surface area contributed by atoms with Crippen LogP contribution in [0.5, 0.6) is 0 Å². The lowest BCUT2D eigenvalue weighted by atomic mass is 10.0. The summed E-state index contributed by atoms with van der Waals surface area (Å²) in [4.78, 5) is 7.35. The van der Waals surface area contributed by atoms with E-state index in [4.69, 9.17) is 4.98 Å². The molecule has 0 saturated carbocycles. The molecule has 0 aromatic carbocycles. The Morgan fingerprint density at radius 2 is 2.19 bits per heavy atom. The fourth-order valence-electron chi connectivity index (χ4n) is 3.08. The van der Waals surface area contributed by atoms with Gasteiger partial charge >= 0.3 is 0 Å². The first-order valence-electron chi connectivity index (χ1n) is 7.84. The lowest BCUT2D eigenvalue weighted by Gasteiger charge is -2.20. The fourth-order valence-corrected chi connectivity index (χ4v) is 3.08. The molecule has 112 valence electrons. The van der Waals surface area contributed by atoms with Crippen LogP contribution in [0.15, 0.2) is 24.3 Å². The van der Waals surface area contributed by atoms with Crippen LogP contribution < -0.4 is 0 Å². The van der Waals surface area contributed by atoms with Crippen LogP contribution in [0, 0.1) is 12.8 Å². The van der Waals surface area contributed by atoms with E-state index in [2.05, 4.69) is 41.1 Å². The second kappa shape index (κ2) is 5.98. The van der Waals surface area contributed by atoms with Crippen molar-refractivity contribution in [3.8, 4) is 11.4 Å². The number of rotatable bonds is 4. The van der Waals surface area contributed by atoms with Crippen LogP contribution in [-0.2, 0) is 6.42 Å². The minimum Gasteiger partial charge on any atom is -0.301 e. The number of nitrogens with one attached hydrogen (secondary N) is 1. The Morgan fingerprint density at radius 1 is 1.33 bits per heavy atom. The zero-order valence-corrected chi connectivity index (χ0v) is 13.1. The Balaban J connectivity index is 1.70. The summed E-state index contributed by atoms with van der Waals surface area (Å²) in [6, 6.07) is 8.97. The maximum absolute atomic E-state index is 4.79. The number of aromatic amines is 1. The molecule has 2 aromatic rings. The van der Waals surface area contributed by atoms with Crippen molar-refractivity contribution in [3.63, 3.8) is 0 Å². The van der Waals surface area contributed by atoms with Gasteiger partial charge in [-0.05, 0) is 64.3 Å². The summed E-state index contributed by atoms with van der Waals surface area (Å²) in [7, 11) is 0. The van der Waals surface area contributed by atoms with Crippen LogP contribution in [0.3, 0.4) is 0 Å². The van der Waals surface area contributed by atoms with E-state index < -0.39 is 0 Å². The average molecular weight is 284 g/mol. The van der Waals surface area contributed by atoms with Gasteiger partial charge in [0.05, 0.1) is 5.69 Å². The normalized spacial score (nSPS) is 19.5. The van der Waals surface area contributed by atoms with Crippen molar-refractivity contribution in [1.82, 2.24) is 20.1 Å². The van der Waals surface area contributed by atoms with Crippen molar-refractivity contribution in [2.45, 2.75) is 39.7 Å². The predicted molar refractivity (Wildman–Crippen MR) is 85.1 cm³/mol. The summed E-state index contributed by atoms with van der Waals surface area (Å²) in [6.45, 7) is 8.99. The molecular weight excluding hydrogens is 260 g/mol. The molecule has 1 aliphatic rings. The Hall–Kier alpha value is -1.68. The van der Waals surface area contributed by atoms with Crippen molar-refractivity contribution in [1.29, 1.82) is 0 Å². The topological polar surface area (TPSA) is 44.8 Å². The molecule has 0 bridgehead atoms. The molecule has 1 N–H and O–H groups in total. The molecular formula is C17H24N4. The van der Waals surface area contributed by atoms with Crippen molar-refractivity contribution >= 4 is 0 Å². The molecule has 1 saturated heterocycles. The minimum absolute atomic E-state index is 0.654. The van der Waals surface area contributed by atoms with E-state index in [0.29, 0.717) is 6.04 Å². The van der Waals surface area contributed by atoms with Gasteiger partial charge in [0.25, 0.3) is 0 Å². The molecule has 1 aliphatic heterocycles. The van der Waals surface area contributed by atoms with Crippen molar-refractivity contribution < 1.29 is 0 Å². The Labute approximate surface area is 126 Å². The average Bonchev–Trinajstić information content (AvgIpc) is 3.08. The minimum atomic E-state index is 0.654. The molecule has 2 aromatic heterocycles. The monoisotopic (exact) mass is 284 g/mol. The van der Waals surface area contributed by atoms with Gasteiger partial charge in [-0.3, -0.25) is 10.1 Å². The first kappa shape index (κ1) is 14.3. The highest BCUT2D eigenvalue weighted by Crippen LogP contribution is 2.23. The molecule has 3 rings (SSSR count). The molecule has 0 amide bonds. The van der Waals surface area contributed by atoms with Crippen LogP contribution in [-0.4, -0.2) is 39.2 Å². The lowest BCUT2D eigenvalue weighted by molar-refractivity contribution is 0.265. The second-order valence-electron chi connectivity index (χ2n) is 6.40. The van der Waals surface area contributed by atoms with Crippen molar-refractivity contribution in [2.75, 3.05) is 13.1 Å². The Kier molecular flexibility index (Phi) is 4.06. The van der Waals surface area contributed by atoms with Crippen LogP contribution in [0.1, 0.15) is 31.7 Å². The maximum atomic E-state index is 4.79. The van der Waals surface area contributed by atoms with Gasteiger partial charge in [0.2, 0.25) is 0 Å². The molecule has 4 nitrogen and oxygen atoms in total. The fraction of sp³-hybridized carbons (Fsp3) is 0.529. The number of nitrogens with zero attached hydrogens (tertiary/aromatic N) is 3. The van der Waals surface area contributed by atoms with Gasteiger partial charge in [0, 0.05) is 24.0 Å². The van der Waals surface area contributed by atoms with E-state index in [-0.39, 0.29) is 0 Å². The van der Waals surface area contributed by atoms with Gasteiger partial charge in [-0.25, -0.2) is 0 Å². The van der Waals surface area contributed by atoms with E-state index >= 15 is 0 Å². The second-order valence-corrected chi connectivity index (χ2v) is 6.40. The first-order valence-corrected chi connectivity index (χ1v) is 7.84. The van der Waals surface area contributed by atoms with Gasteiger partial charge in [0.1, 0.15) is 5.69 Å². The summed E-state index contributed by atoms with van der Waals surface area (Å²) in [5.74, 6) is 0.732. The van der Waals surface area contributed by atoms with Gasteiger partial charge in [0.15, 0.2) is 0 Å². The number of hydrogen-bond acceptors (Lipinski definition) is 3. The third-order valence-electron chi connectivity index (χ3n) is 4.32. The summed E-state index contributed by atoms with van der Waals surface area (Å²) >= 11 is 0. The van der Waals surface area contributed by atoms with Gasteiger partial charge in [-0.15, -0.1) is 0 Å². The van der Waals surface area contributed by atoms with Gasteiger partial charge in [-0.1, -0.05) is 6.07 Å². The van der Waals surface area contributed by atoms with E-state index in [0.717, 1.165) is 29.4 Å². The largest absolute Gasteiger partial charge is 0.301 e. The van der Waals surface area contributed by atoms with E-state index in [1.54, 1.807) is 0 Å². The maximum Gasteiger partial charge on any atom is 0.111 e. The molecule has 0 spiro atoms. The van der Waals surface area contributed by atoms with E-state index in [9.17, 15) is 0 Å². The molecule has 0 aliphatic carbocycles. The zero-order valence-electron chi connectivity index (χ0n) is 13.1. The number of pyridine rings is 1. The Bertz CT molecular complexity index is 602. The third kappa shape index (κ3) is 3.32. The highest BCUT2D eigenvalue weighted by Gasteiger charge is 2.24. The van der Waals surface area contributed by atoms with Crippen LogP contribution in [0.4, 0.5) is 0 Å². The first-order chi connectivity index (χ1) is 10.1. The van der Waals surface area contributed by atoms with Gasteiger partial charge < -0.3 is 4.90 Å². The van der Waals surface area contributed by atoms with Crippen LogP contribution >= 0.6 is 0 Å². The number of aryl methyl sites for hydroxylation is 1. The predicted octanol–water partition coefficient (Wildman–Crippen LogP) is 3.05. The van der Waals surface area contributed by atoms with E-state index in [1.165, 1.54) is 25.2 Å². The number of H-pyrrole nitrogens is 1. The summed E-state index contributed by atoms with van der Waals surface area (Å²) < 4.78 is 0. The SMILES string of the molecule is Cc1cc(-c2cccc(CC3CCN(C(C)C)C3)n2)n[nH]1. The Morgan fingerprint density at radius 3 is 2.86 bits per heavy atom.